The van der Waals surface area contributed by atoms with Crippen molar-refractivity contribution in [3.05, 3.63) is 72.0 Å². The zero-order valence-corrected chi connectivity index (χ0v) is 15.0. The van der Waals surface area contributed by atoms with Gasteiger partial charge >= 0.3 is 0 Å². The molecule has 0 atom stereocenters. The molecule has 134 valence electrons. The normalized spacial score (nSPS) is 11.7. The molecule has 0 radical (unpaired) electrons. The highest BCUT2D eigenvalue weighted by Gasteiger charge is 2.21. The first kappa shape index (κ1) is 18.0. The van der Waals surface area contributed by atoms with Crippen LogP contribution in [0.5, 0.6) is 0 Å². The Hall–Kier alpha value is -2.77. The molecule has 0 aliphatic heterocycles. The van der Waals surface area contributed by atoms with Crippen LogP contribution in [0.1, 0.15) is 10.4 Å². The minimum Gasteiger partial charge on any atom is -0.322 e. The van der Waals surface area contributed by atoms with E-state index in [2.05, 4.69) is 5.32 Å². The minimum atomic E-state index is -3.76. The summed E-state index contributed by atoms with van der Waals surface area (Å²) in [4.78, 5) is 12.3. The van der Waals surface area contributed by atoms with E-state index < -0.39 is 21.7 Å². The molecular formula is C19H17FN2O3S. The van der Waals surface area contributed by atoms with Crippen LogP contribution in [0.25, 0.3) is 10.8 Å². The third-order valence-electron chi connectivity index (χ3n) is 3.97. The van der Waals surface area contributed by atoms with E-state index in [1.54, 1.807) is 12.1 Å². The van der Waals surface area contributed by atoms with Crippen molar-refractivity contribution in [3.8, 4) is 0 Å². The number of benzene rings is 3. The van der Waals surface area contributed by atoms with Crippen LogP contribution in [0.4, 0.5) is 10.1 Å². The second-order valence-corrected chi connectivity index (χ2v) is 8.10. The number of anilines is 1. The molecule has 7 heteroatoms. The summed E-state index contributed by atoms with van der Waals surface area (Å²) < 4.78 is 39.5. The maximum Gasteiger partial charge on any atom is 0.258 e. The average molecular weight is 372 g/mol. The Bertz CT molecular complexity index is 1090. The second kappa shape index (κ2) is 6.86. The summed E-state index contributed by atoms with van der Waals surface area (Å²) in [7, 11) is -1.03. The highest BCUT2D eigenvalue weighted by molar-refractivity contribution is 7.89. The fraction of sp³-hybridized carbons (Fsp3) is 0.105. The van der Waals surface area contributed by atoms with Gasteiger partial charge in [-0.15, -0.1) is 0 Å². The van der Waals surface area contributed by atoms with Gasteiger partial charge in [0.1, 0.15) is 5.82 Å². The number of carbonyl (C=O) groups is 1. The van der Waals surface area contributed by atoms with Crippen LogP contribution in [0, 0.1) is 5.82 Å². The van der Waals surface area contributed by atoms with Crippen LogP contribution < -0.4 is 5.32 Å². The van der Waals surface area contributed by atoms with Gasteiger partial charge in [0.2, 0.25) is 10.0 Å². The molecule has 0 aromatic heterocycles. The molecule has 26 heavy (non-hydrogen) atoms. The van der Waals surface area contributed by atoms with Crippen LogP contribution in [0.3, 0.4) is 0 Å². The van der Waals surface area contributed by atoms with E-state index in [0.717, 1.165) is 33.3 Å². The fourth-order valence-electron chi connectivity index (χ4n) is 2.52. The summed E-state index contributed by atoms with van der Waals surface area (Å²) in [5, 5.41) is 4.55. The van der Waals surface area contributed by atoms with E-state index in [9.17, 15) is 17.6 Å². The SMILES string of the molecule is CN(C)S(=O)(=O)c1ccc(F)c(C(=O)Nc2ccc3ccccc3c2)c1. The number of hydrogen-bond acceptors (Lipinski definition) is 3. The van der Waals surface area contributed by atoms with Gasteiger partial charge in [-0.05, 0) is 41.1 Å². The van der Waals surface area contributed by atoms with Crippen molar-refractivity contribution >= 4 is 32.4 Å². The van der Waals surface area contributed by atoms with Gasteiger partial charge < -0.3 is 5.32 Å². The largest absolute Gasteiger partial charge is 0.322 e. The van der Waals surface area contributed by atoms with E-state index in [1.165, 1.54) is 14.1 Å². The molecule has 0 aliphatic carbocycles. The number of carbonyl (C=O) groups excluding carboxylic acids is 1. The Balaban J connectivity index is 1.94. The lowest BCUT2D eigenvalue weighted by Gasteiger charge is -2.13. The van der Waals surface area contributed by atoms with Crippen molar-refractivity contribution in [1.82, 2.24) is 4.31 Å². The Labute approximate surface area is 151 Å². The highest BCUT2D eigenvalue weighted by Crippen LogP contribution is 2.21. The Kier molecular flexibility index (Phi) is 4.76. The maximum absolute atomic E-state index is 14.1. The number of hydrogen-bond donors (Lipinski definition) is 1. The zero-order chi connectivity index (χ0) is 18.9. The van der Waals surface area contributed by atoms with Crippen LogP contribution in [0.2, 0.25) is 0 Å². The van der Waals surface area contributed by atoms with Gasteiger partial charge in [0.25, 0.3) is 5.91 Å². The van der Waals surface area contributed by atoms with Crippen LogP contribution in [-0.4, -0.2) is 32.7 Å². The standard InChI is InChI=1S/C19H17FN2O3S/c1-22(2)26(24,25)16-9-10-18(20)17(12-16)19(23)21-15-8-7-13-5-3-4-6-14(13)11-15/h3-12H,1-2H3,(H,21,23). The van der Waals surface area contributed by atoms with E-state index >= 15 is 0 Å². The van der Waals surface area contributed by atoms with Gasteiger partial charge in [0.05, 0.1) is 10.5 Å². The van der Waals surface area contributed by atoms with E-state index in [4.69, 9.17) is 0 Å². The molecule has 0 aliphatic rings. The number of halogens is 1. The van der Waals surface area contributed by atoms with Crippen LogP contribution in [-0.2, 0) is 10.0 Å². The average Bonchev–Trinajstić information content (AvgIpc) is 2.61. The van der Waals surface area contributed by atoms with Gasteiger partial charge in [0.15, 0.2) is 0 Å². The summed E-state index contributed by atoms with van der Waals surface area (Å²) in [5.41, 5.74) is 0.162. The second-order valence-electron chi connectivity index (χ2n) is 5.95. The first-order valence-corrected chi connectivity index (χ1v) is 9.25. The van der Waals surface area contributed by atoms with Crippen molar-refractivity contribution in [2.45, 2.75) is 4.90 Å². The topological polar surface area (TPSA) is 66.5 Å². The Morgan fingerprint density at radius 3 is 2.35 bits per heavy atom. The summed E-state index contributed by atoms with van der Waals surface area (Å²) in [6.07, 6.45) is 0. The highest BCUT2D eigenvalue weighted by atomic mass is 32.2. The van der Waals surface area contributed by atoms with Gasteiger partial charge in [-0.25, -0.2) is 17.1 Å². The third kappa shape index (κ3) is 3.44. The lowest BCUT2D eigenvalue weighted by Crippen LogP contribution is -2.23. The molecule has 3 aromatic rings. The monoisotopic (exact) mass is 372 g/mol. The van der Waals surface area contributed by atoms with Gasteiger partial charge in [-0.1, -0.05) is 30.3 Å². The third-order valence-corrected chi connectivity index (χ3v) is 5.78. The number of nitrogens with one attached hydrogen (secondary N) is 1. The summed E-state index contributed by atoms with van der Waals surface area (Å²) in [5.74, 6) is -1.51. The van der Waals surface area contributed by atoms with Gasteiger partial charge in [0, 0.05) is 19.8 Å². The number of rotatable bonds is 4. The Morgan fingerprint density at radius 2 is 1.65 bits per heavy atom. The molecule has 0 saturated heterocycles. The first-order valence-electron chi connectivity index (χ1n) is 7.81. The van der Waals surface area contributed by atoms with Crippen molar-refractivity contribution < 1.29 is 17.6 Å². The minimum absolute atomic E-state index is 0.146. The van der Waals surface area contributed by atoms with Crippen molar-refractivity contribution in [2.75, 3.05) is 19.4 Å². The van der Waals surface area contributed by atoms with Crippen molar-refractivity contribution in [3.63, 3.8) is 0 Å². The molecule has 3 aromatic carbocycles. The number of fused-ring (bicyclic) bond motifs is 1. The molecule has 3 rings (SSSR count). The smallest absolute Gasteiger partial charge is 0.258 e. The summed E-state index contributed by atoms with van der Waals surface area (Å²) >= 11 is 0. The summed E-state index contributed by atoms with van der Waals surface area (Å²) in [6, 6.07) is 16.1. The molecule has 1 N–H and O–H groups in total. The number of amides is 1. The maximum atomic E-state index is 14.1. The number of sulfonamides is 1. The predicted molar refractivity (Wildman–Crippen MR) is 99.2 cm³/mol. The van der Waals surface area contributed by atoms with Gasteiger partial charge in [-0.3, -0.25) is 4.79 Å². The zero-order valence-electron chi connectivity index (χ0n) is 14.2. The molecule has 0 saturated carbocycles. The Morgan fingerprint density at radius 1 is 0.962 bits per heavy atom. The van der Waals surface area contributed by atoms with E-state index in [0.29, 0.717) is 5.69 Å². The van der Waals surface area contributed by atoms with Gasteiger partial charge in [-0.2, -0.15) is 0 Å². The molecule has 1 amide bonds. The van der Waals surface area contributed by atoms with E-state index in [1.807, 2.05) is 30.3 Å². The van der Waals surface area contributed by atoms with Crippen LogP contribution >= 0.6 is 0 Å². The molecular weight excluding hydrogens is 355 g/mol. The quantitative estimate of drug-likeness (QED) is 0.762. The van der Waals surface area contributed by atoms with Crippen LogP contribution in [0.15, 0.2) is 65.6 Å². The fourth-order valence-corrected chi connectivity index (χ4v) is 3.44. The first-order chi connectivity index (χ1) is 12.3. The molecule has 0 heterocycles. The lowest BCUT2D eigenvalue weighted by atomic mass is 10.1. The summed E-state index contributed by atoms with van der Waals surface area (Å²) in [6.45, 7) is 0. The number of nitrogens with zero attached hydrogens (tertiary/aromatic N) is 1. The molecule has 0 bridgehead atoms. The lowest BCUT2D eigenvalue weighted by molar-refractivity contribution is 0.102. The molecule has 0 unspecified atom stereocenters. The van der Waals surface area contributed by atoms with E-state index in [-0.39, 0.29) is 10.5 Å². The van der Waals surface area contributed by atoms with Crippen molar-refractivity contribution in [1.29, 1.82) is 0 Å². The predicted octanol–water partition coefficient (Wildman–Crippen LogP) is 3.48. The molecule has 0 fully saturated rings. The molecule has 5 nitrogen and oxygen atoms in total. The molecule has 0 spiro atoms. The van der Waals surface area contributed by atoms with Crippen molar-refractivity contribution in [2.24, 2.45) is 0 Å².